The van der Waals surface area contributed by atoms with Crippen molar-refractivity contribution in [1.29, 1.82) is 0 Å². The number of pyridine rings is 1. The van der Waals surface area contributed by atoms with Crippen LogP contribution in [-0.4, -0.2) is 34.7 Å². The Morgan fingerprint density at radius 2 is 1.71 bits per heavy atom. The third-order valence-electron chi connectivity index (χ3n) is 5.46. The quantitative estimate of drug-likeness (QED) is 0.396. The summed E-state index contributed by atoms with van der Waals surface area (Å²) in [4.78, 5) is 31.3. The van der Waals surface area contributed by atoms with Gasteiger partial charge in [0.15, 0.2) is 0 Å². The van der Waals surface area contributed by atoms with Crippen LogP contribution in [0.1, 0.15) is 45.6 Å². The Morgan fingerprint density at radius 3 is 2.41 bits per heavy atom. The molecule has 2 aromatic carbocycles. The van der Waals surface area contributed by atoms with Gasteiger partial charge >= 0.3 is 6.09 Å². The van der Waals surface area contributed by atoms with E-state index in [0.29, 0.717) is 37.0 Å². The van der Waals surface area contributed by atoms with E-state index in [-0.39, 0.29) is 5.91 Å². The number of alkyl carbamates (subject to hydrolysis) is 1. The van der Waals surface area contributed by atoms with Crippen LogP contribution in [0.15, 0.2) is 66.9 Å². The molecular formula is C27H34N4O3. The zero-order chi connectivity index (χ0) is 24.6. The lowest BCUT2D eigenvalue weighted by molar-refractivity contribution is -0.122. The number of anilines is 1. The van der Waals surface area contributed by atoms with Crippen LogP contribution in [0.2, 0.25) is 0 Å². The minimum Gasteiger partial charge on any atom is -0.444 e. The number of unbranched alkanes of at least 4 members (excludes halogenated alkanes) is 1. The van der Waals surface area contributed by atoms with Crippen LogP contribution in [0.5, 0.6) is 0 Å². The molecule has 0 aliphatic carbocycles. The second-order valence-corrected chi connectivity index (χ2v) is 9.45. The number of nitrogens with two attached hydrogens (primary N) is 1. The summed E-state index contributed by atoms with van der Waals surface area (Å²) in [6.07, 6.45) is 3.16. The zero-order valence-electron chi connectivity index (χ0n) is 20.1. The van der Waals surface area contributed by atoms with E-state index >= 15 is 0 Å². The van der Waals surface area contributed by atoms with E-state index < -0.39 is 17.2 Å². The summed E-state index contributed by atoms with van der Waals surface area (Å²) in [5.74, 6) is -0.322. The summed E-state index contributed by atoms with van der Waals surface area (Å²) in [5.41, 5.74) is 6.00. The molecule has 0 saturated heterocycles. The number of fused-ring (bicyclic) bond motifs is 1. The Labute approximate surface area is 201 Å². The summed E-state index contributed by atoms with van der Waals surface area (Å²) in [5, 5.41) is 6.88. The highest BCUT2D eigenvalue weighted by Gasteiger charge is 2.41. The smallest absolute Gasteiger partial charge is 0.408 e. The number of hydrogen-bond acceptors (Lipinski definition) is 5. The van der Waals surface area contributed by atoms with Crippen molar-refractivity contribution < 1.29 is 14.3 Å². The Kier molecular flexibility index (Phi) is 8.23. The van der Waals surface area contributed by atoms with Crippen LogP contribution in [0.25, 0.3) is 10.9 Å². The molecule has 0 aliphatic rings. The number of carbonyl (C=O) groups excluding carboxylic acids is 2. The lowest BCUT2D eigenvalue weighted by atomic mass is 9.84. The molecule has 34 heavy (non-hydrogen) atoms. The van der Waals surface area contributed by atoms with Crippen molar-refractivity contribution in [2.75, 3.05) is 11.9 Å². The SMILES string of the molecule is CC(C)(C)OC(=O)N[C@@](CCCCN)(Cc1ccccc1)C(=O)Nc1cccc2cccnc12. The molecular weight excluding hydrogens is 428 g/mol. The second kappa shape index (κ2) is 11.1. The van der Waals surface area contributed by atoms with Crippen LogP contribution in [0.4, 0.5) is 10.5 Å². The van der Waals surface area contributed by atoms with Gasteiger partial charge in [0.1, 0.15) is 11.1 Å². The Balaban J connectivity index is 2.00. The number of hydrogen-bond donors (Lipinski definition) is 3. The predicted molar refractivity (Wildman–Crippen MR) is 136 cm³/mol. The molecule has 0 radical (unpaired) electrons. The summed E-state index contributed by atoms with van der Waals surface area (Å²) in [6, 6.07) is 19.1. The number of benzene rings is 2. The molecule has 1 atom stereocenters. The normalized spacial score (nSPS) is 13.2. The van der Waals surface area contributed by atoms with Crippen molar-refractivity contribution in [2.45, 2.75) is 57.6 Å². The van der Waals surface area contributed by atoms with Gasteiger partial charge in [-0.15, -0.1) is 0 Å². The molecule has 1 aromatic heterocycles. The maximum Gasteiger partial charge on any atom is 0.408 e. The highest BCUT2D eigenvalue weighted by molar-refractivity contribution is 6.05. The molecule has 0 unspecified atom stereocenters. The number of ether oxygens (including phenoxy) is 1. The van der Waals surface area contributed by atoms with Gasteiger partial charge in [0, 0.05) is 18.0 Å². The average Bonchev–Trinajstić information content (AvgIpc) is 2.78. The van der Waals surface area contributed by atoms with Gasteiger partial charge < -0.3 is 21.1 Å². The highest BCUT2D eigenvalue weighted by atomic mass is 16.6. The Bertz CT molecular complexity index is 1110. The van der Waals surface area contributed by atoms with E-state index in [2.05, 4.69) is 15.6 Å². The van der Waals surface area contributed by atoms with Gasteiger partial charge in [-0.25, -0.2) is 4.79 Å². The number of aromatic nitrogens is 1. The Morgan fingerprint density at radius 1 is 0.971 bits per heavy atom. The second-order valence-electron chi connectivity index (χ2n) is 9.45. The maximum absolute atomic E-state index is 13.9. The molecule has 0 spiro atoms. The molecule has 1 heterocycles. The standard InChI is InChI=1S/C27H34N4O3/c1-26(2,3)34-25(33)31-27(16-7-8-17-28,19-20-11-5-4-6-12-20)24(32)30-22-15-9-13-21-14-10-18-29-23(21)22/h4-6,9-15,18H,7-8,16-17,19,28H2,1-3H3,(H,30,32)(H,31,33)/t27-/m0/s1. The maximum atomic E-state index is 13.9. The molecule has 4 N–H and O–H groups in total. The topological polar surface area (TPSA) is 106 Å². The van der Waals surface area contributed by atoms with Gasteiger partial charge in [-0.2, -0.15) is 0 Å². The minimum atomic E-state index is -1.24. The summed E-state index contributed by atoms with van der Waals surface area (Å²) in [6.45, 7) is 5.88. The summed E-state index contributed by atoms with van der Waals surface area (Å²) < 4.78 is 5.54. The third kappa shape index (κ3) is 6.78. The highest BCUT2D eigenvalue weighted by Crippen LogP contribution is 2.27. The van der Waals surface area contributed by atoms with Crippen LogP contribution >= 0.6 is 0 Å². The lowest BCUT2D eigenvalue weighted by Crippen LogP contribution is -2.59. The first-order chi connectivity index (χ1) is 16.2. The fraction of sp³-hybridized carbons (Fsp3) is 0.370. The fourth-order valence-electron chi connectivity index (χ4n) is 3.91. The molecule has 0 fully saturated rings. The predicted octanol–water partition coefficient (Wildman–Crippen LogP) is 4.81. The van der Waals surface area contributed by atoms with Crippen molar-refractivity contribution in [2.24, 2.45) is 5.73 Å². The van der Waals surface area contributed by atoms with Crippen molar-refractivity contribution in [3.63, 3.8) is 0 Å². The van der Waals surface area contributed by atoms with E-state index in [9.17, 15) is 9.59 Å². The third-order valence-corrected chi connectivity index (χ3v) is 5.46. The van der Waals surface area contributed by atoms with Crippen LogP contribution in [0, 0.1) is 0 Å². The van der Waals surface area contributed by atoms with Gasteiger partial charge in [0.25, 0.3) is 5.91 Å². The molecule has 0 saturated carbocycles. The summed E-state index contributed by atoms with van der Waals surface area (Å²) >= 11 is 0. The van der Waals surface area contributed by atoms with Gasteiger partial charge in [0.05, 0.1) is 11.2 Å². The van der Waals surface area contributed by atoms with E-state index in [1.54, 1.807) is 27.0 Å². The van der Waals surface area contributed by atoms with Gasteiger partial charge in [-0.3, -0.25) is 9.78 Å². The number of carbonyl (C=O) groups is 2. The number of para-hydroxylation sites is 1. The van der Waals surface area contributed by atoms with Crippen molar-refractivity contribution in [3.8, 4) is 0 Å². The molecule has 7 nitrogen and oxygen atoms in total. The van der Waals surface area contributed by atoms with Crippen molar-refractivity contribution in [3.05, 3.63) is 72.4 Å². The first kappa shape index (κ1) is 25.2. The van der Waals surface area contributed by atoms with E-state index in [1.807, 2.05) is 60.7 Å². The van der Waals surface area contributed by atoms with Gasteiger partial charge in [-0.1, -0.05) is 48.5 Å². The molecule has 0 bridgehead atoms. The minimum absolute atomic E-state index is 0.307. The largest absolute Gasteiger partial charge is 0.444 e. The van der Waals surface area contributed by atoms with Gasteiger partial charge in [-0.05, 0) is 64.3 Å². The van der Waals surface area contributed by atoms with Crippen LogP contribution in [0.3, 0.4) is 0 Å². The molecule has 3 rings (SSSR count). The zero-order valence-corrected chi connectivity index (χ0v) is 20.1. The average molecular weight is 463 g/mol. The first-order valence-corrected chi connectivity index (χ1v) is 11.6. The molecule has 180 valence electrons. The van der Waals surface area contributed by atoms with Crippen LogP contribution < -0.4 is 16.4 Å². The lowest BCUT2D eigenvalue weighted by Gasteiger charge is -2.35. The molecule has 7 heteroatoms. The molecule has 3 aromatic rings. The van der Waals surface area contributed by atoms with Gasteiger partial charge in [0.2, 0.25) is 0 Å². The number of nitrogens with zero attached hydrogens (tertiary/aromatic N) is 1. The van der Waals surface area contributed by atoms with Crippen molar-refractivity contribution >= 4 is 28.6 Å². The molecule has 0 aliphatic heterocycles. The first-order valence-electron chi connectivity index (χ1n) is 11.6. The van der Waals surface area contributed by atoms with Crippen molar-refractivity contribution in [1.82, 2.24) is 10.3 Å². The fourth-order valence-corrected chi connectivity index (χ4v) is 3.91. The molecule has 2 amide bonds. The van der Waals surface area contributed by atoms with E-state index in [4.69, 9.17) is 10.5 Å². The van der Waals surface area contributed by atoms with Crippen LogP contribution in [-0.2, 0) is 16.0 Å². The number of rotatable bonds is 9. The van der Waals surface area contributed by atoms with E-state index in [0.717, 1.165) is 17.4 Å². The Hall–Kier alpha value is -3.45. The van der Waals surface area contributed by atoms with E-state index in [1.165, 1.54) is 0 Å². The summed E-state index contributed by atoms with van der Waals surface area (Å²) in [7, 11) is 0. The number of nitrogens with one attached hydrogen (secondary N) is 2. The monoisotopic (exact) mass is 462 g/mol. The number of amides is 2.